The van der Waals surface area contributed by atoms with Crippen molar-refractivity contribution in [1.29, 1.82) is 0 Å². The smallest absolute Gasteiger partial charge is 0.322 e. The predicted molar refractivity (Wildman–Crippen MR) is 66.7 cm³/mol. The van der Waals surface area contributed by atoms with E-state index >= 15 is 0 Å². The highest BCUT2D eigenvalue weighted by Crippen LogP contribution is 2.47. The van der Waals surface area contributed by atoms with Gasteiger partial charge in [-0.15, -0.1) is 0 Å². The lowest BCUT2D eigenvalue weighted by Crippen LogP contribution is -2.39. The standard InChI is InChI=1S/C14H13F3N2O2/c15-14(16,17)10-4-2-1-3-7(10)11(18)6-19-12(20)8-5-9(8)13(19)21/h1-4,8-9,11H,5-6,18H2. The lowest BCUT2D eigenvalue weighted by atomic mass is 10.00. The third-order valence-electron chi connectivity index (χ3n) is 4.00. The van der Waals surface area contributed by atoms with Crippen molar-refractivity contribution in [2.75, 3.05) is 6.54 Å². The molecule has 1 saturated carbocycles. The van der Waals surface area contributed by atoms with Gasteiger partial charge in [0.1, 0.15) is 0 Å². The van der Waals surface area contributed by atoms with Crippen LogP contribution in [0.1, 0.15) is 23.6 Å². The van der Waals surface area contributed by atoms with Crippen LogP contribution in [0.4, 0.5) is 13.2 Å². The molecule has 0 aromatic heterocycles. The molecule has 2 aliphatic rings. The molecule has 7 heteroatoms. The molecule has 1 aromatic rings. The number of nitrogens with two attached hydrogens (primary N) is 1. The van der Waals surface area contributed by atoms with Gasteiger partial charge >= 0.3 is 6.18 Å². The maximum Gasteiger partial charge on any atom is 0.416 e. The van der Waals surface area contributed by atoms with E-state index in [1.807, 2.05) is 0 Å². The molecule has 2 fully saturated rings. The van der Waals surface area contributed by atoms with E-state index in [4.69, 9.17) is 5.73 Å². The number of rotatable bonds is 3. The van der Waals surface area contributed by atoms with Crippen LogP contribution in [0.25, 0.3) is 0 Å². The first-order chi connectivity index (χ1) is 9.80. The highest BCUT2D eigenvalue weighted by atomic mass is 19.4. The monoisotopic (exact) mass is 298 g/mol. The van der Waals surface area contributed by atoms with E-state index in [0.29, 0.717) is 6.42 Å². The summed E-state index contributed by atoms with van der Waals surface area (Å²) in [4.78, 5) is 24.7. The van der Waals surface area contributed by atoms with Gasteiger partial charge in [-0.25, -0.2) is 0 Å². The van der Waals surface area contributed by atoms with Crippen molar-refractivity contribution in [3.05, 3.63) is 35.4 Å². The Morgan fingerprint density at radius 1 is 1.19 bits per heavy atom. The van der Waals surface area contributed by atoms with E-state index < -0.39 is 17.8 Å². The Morgan fingerprint density at radius 2 is 1.76 bits per heavy atom. The van der Waals surface area contributed by atoms with Crippen LogP contribution in [0.2, 0.25) is 0 Å². The Hall–Kier alpha value is -1.89. The highest BCUT2D eigenvalue weighted by Gasteiger charge is 2.58. The number of alkyl halides is 3. The fourth-order valence-corrected chi connectivity index (χ4v) is 2.80. The average molecular weight is 298 g/mol. The molecule has 4 nitrogen and oxygen atoms in total. The molecule has 0 bridgehead atoms. The van der Waals surface area contributed by atoms with Crippen molar-refractivity contribution >= 4 is 11.8 Å². The van der Waals surface area contributed by atoms with Crippen LogP contribution in [0.3, 0.4) is 0 Å². The lowest BCUT2D eigenvalue weighted by Gasteiger charge is -2.23. The van der Waals surface area contributed by atoms with Crippen molar-refractivity contribution in [2.24, 2.45) is 17.6 Å². The molecule has 1 aliphatic heterocycles. The molecule has 21 heavy (non-hydrogen) atoms. The van der Waals surface area contributed by atoms with Crippen LogP contribution >= 0.6 is 0 Å². The molecule has 1 heterocycles. The molecule has 0 spiro atoms. The third kappa shape index (κ3) is 2.31. The number of amides is 2. The largest absolute Gasteiger partial charge is 0.416 e. The van der Waals surface area contributed by atoms with E-state index in [0.717, 1.165) is 11.0 Å². The minimum absolute atomic E-state index is 0.105. The van der Waals surface area contributed by atoms with Gasteiger partial charge in [0.05, 0.1) is 17.4 Å². The lowest BCUT2D eigenvalue weighted by molar-refractivity contribution is -0.141. The molecule has 3 atom stereocenters. The minimum atomic E-state index is -4.52. The maximum atomic E-state index is 12.9. The van der Waals surface area contributed by atoms with Gasteiger partial charge in [0, 0.05) is 12.6 Å². The van der Waals surface area contributed by atoms with Crippen molar-refractivity contribution in [3.8, 4) is 0 Å². The molecule has 3 rings (SSSR count). The molecule has 2 amide bonds. The second kappa shape index (κ2) is 4.56. The molecule has 112 valence electrons. The molecule has 0 radical (unpaired) electrons. The molecule has 1 aliphatic carbocycles. The van der Waals surface area contributed by atoms with E-state index in [2.05, 4.69) is 0 Å². The molecule has 1 saturated heterocycles. The van der Waals surface area contributed by atoms with E-state index in [9.17, 15) is 22.8 Å². The zero-order chi connectivity index (χ0) is 15.4. The van der Waals surface area contributed by atoms with Crippen molar-refractivity contribution in [2.45, 2.75) is 18.6 Å². The van der Waals surface area contributed by atoms with Gasteiger partial charge in [0.25, 0.3) is 0 Å². The molecule has 2 N–H and O–H groups in total. The van der Waals surface area contributed by atoms with Crippen LogP contribution in [0, 0.1) is 11.8 Å². The molecular formula is C14H13F3N2O2. The fraction of sp³-hybridized carbons (Fsp3) is 0.429. The van der Waals surface area contributed by atoms with Gasteiger partial charge in [-0.1, -0.05) is 18.2 Å². The van der Waals surface area contributed by atoms with Crippen LogP contribution in [0.5, 0.6) is 0 Å². The number of carbonyl (C=O) groups excluding carboxylic acids is 2. The van der Waals surface area contributed by atoms with E-state index in [1.165, 1.54) is 18.2 Å². The summed E-state index contributed by atoms with van der Waals surface area (Å²) in [5, 5.41) is 0. The summed E-state index contributed by atoms with van der Waals surface area (Å²) >= 11 is 0. The molecule has 1 aromatic carbocycles. The number of benzene rings is 1. The van der Waals surface area contributed by atoms with Gasteiger partial charge in [0.2, 0.25) is 11.8 Å². The zero-order valence-corrected chi connectivity index (χ0v) is 10.9. The van der Waals surface area contributed by atoms with Crippen molar-refractivity contribution in [3.63, 3.8) is 0 Å². The SMILES string of the molecule is NC(CN1C(=O)C2CC2C1=O)c1ccccc1C(F)(F)F. The number of likely N-dealkylation sites (tertiary alicyclic amines) is 1. The summed E-state index contributed by atoms with van der Waals surface area (Å²) in [6, 6.07) is 3.91. The van der Waals surface area contributed by atoms with Crippen molar-refractivity contribution in [1.82, 2.24) is 4.90 Å². The first-order valence-corrected chi connectivity index (χ1v) is 6.57. The number of halogens is 3. The third-order valence-corrected chi connectivity index (χ3v) is 4.00. The first-order valence-electron chi connectivity index (χ1n) is 6.57. The van der Waals surface area contributed by atoms with Gasteiger partial charge in [-0.2, -0.15) is 13.2 Å². The van der Waals surface area contributed by atoms with Crippen LogP contribution in [0.15, 0.2) is 24.3 Å². The van der Waals surface area contributed by atoms with Gasteiger partial charge < -0.3 is 5.73 Å². The fourth-order valence-electron chi connectivity index (χ4n) is 2.80. The van der Waals surface area contributed by atoms with Crippen LogP contribution < -0.4 is 5.73 Å². The van der Waals surface area contributed by atoms with Gasteiger partial charge in [-0.05, 0) is 18.1 Å². The number of hydrogen-bond acceptors (Lipinski definition) is 3. The second-order valence-corrected chi connectivity index (χ2v) is 5.43. The zero-order valence-electron chi connectivity index (χ0n) is 10.9. The van der Waals surface area contributed by atoms with Crippen molar-refractivity contribution < 1.29 is 22.8 Å². The Kier molecular flexibility index (Phi) is 3.05. The second-order valence-electron chi connectivity index (χ2n) is 5.43. The van der Waals surface area contributed by atoms with Crippen LogP contribution in [-0.2, 0) is 15.8 Å². The summed E-state index contributed by atoms with van der Waals surface area (Å²) < 4.78 is 38.8. The Balaban J connectivity index is 1.82. The van der Waals surface area contributed by atoms with Gasteiger partial charge in [0.15, 0.2) is 0 Å². The molecule has 3 unspecified atom stereocenters. The number of hydrogen-bond donors (Lipinski definition) is 1. The Morgan fingerprint density at radius 3 is 2.33 bits per heavy atom. The van der Waals surface area contributed by atoms with Crippen LogP contribution in [-0.4, -0.2) is 23.3 Å². The number of fused-ring (bicyclic) bond motifs is 1. The summed E-state index contributed by atoms with van der Waals surface area (Å²) in [7, 11) is 0. The summed E-state index contributed by atoms with van der Waals surface area (Å²) in [6.45, 7) is -0.211. The van der Waals surface area contributed by atoms with E-state index in [-0.39, 0.29) is 35.8 Å². The minimum Gasteiger partial charge on any atom is -0.322 e. The van der Waals surface area contributed by atoms with Gasteiger partial charge in [-0.3, -0.25) is 14.5 Å². The first kappa shape index (κ1) is 14.1. The number of carbonyl (C=O) groups is 2. The van der Waals surface area contributed by atoms with E-state index in [1.54, 1.807) is 0 Å². The average Bonchev–Trinajstić information content (AvgIpc) is 3.18. The summed E-state index contributed by atoms with van der Waals surface area (Å²) in [6.07, 6.45) is -3.96. The normalized spacial score (nSPS) is 26.0. The maximum absolute atomic E-state index is 12.9. The summed E-state index contributed by atoms with van der Waals surface area (Å²) in [5.41, 5.74) is 4.87. The summed E-state index contributed by atoms with van der Waals surface area (Å²) in [5.74, 6) is -1.18. The quantitative estimate of drug-likeness (QED) is 0.864. The number of nitrogens with zero attached hydrogens (tertiary/aromatic N) is 1. The number of imide groups is 1. The highest BCUT2D eigenvalue weighted by molar-refractivity contribution is 6.08. The molecular weight excluding hydrogens is 285 g/mol. The topological polar surface area (TPSA) is 63.4 Å². The Bertz CT molecular complexity index is 594. The number of piperidine rings is 1. The predicted octanol–water partition coefficient (Wildman–Crippen LogP) is 1.71. The Labute approximate surface area is 118 Å².